The summed E-state index contributed by atoms with van der Waals surface area (Å²) in [6.07, 6.45) is 2.50. The van der Waals surface area contributed by atoms with E-state index >= 15 is 0 Å². The topological polar surface area (TPSA) is 20.2 Å². The molecule has 0 saturated heterocycles. The first-order valence-corrected chi connectivity index (χ1v) is 3.22. The molecule has 0 radical (unpaired) electrons. The van der Waals surface area contributed by atoms with Crippen molar-refractivity contribution in [3.05, 3.63) is 42.5 Å². The van der Waals surface area contributed by atoms with Gasteiger partial charge in [-0.05, 0) is 18.1 Å². The van der Waals surface area contributed by atoms with Crippen LogP contribution in [0.1, 0.15) is 6.99 Å². The monoisotopic (exact) mass is 136 g/mol. The first-order valence-electron chi connectivity index (χ1n) is 3.22. The second-order valence-electron chi connectivity index (χ2n) is 2.12. The van der Waals surface area contributed by atoms with Crippen LogP contribution in [0.5, 0.6) is 5.75 Å². The largest absolute Gasteiger partial charge is 0.508 e. The van der Waals surface area contributed by atoms with Gasteiger partial charge in [-0.1, -0.05) is 24.3 Å². The number of allylic oxidation sites excluding steroid dienone is 1. The molecule has 10 heavy (non-hydrogen) atoms. The standard InChI is InChI=1S/C9H10O.H2/c1-2-5-8-6-3-4-7-9(8)10;/h2-4,6-7,10H,1,5H2;1H. The lowest BCUT2D eigenvalue weighted by Crippen LogP contribution is -1.79. The normalized spacial score (nSPS) is 9.20. The van der Waals surface area contributed by atoms with Gasteiger partial charge in [0.2, 0.25) is 0 Å². The third-order valence-corrected chi connectivity index (χ3v) is 1.36. The molecule has 0 aliphatic heterocycles. The van der Waals surface area contributed by atoms with Gasteiger partial charge in [0.15, 0.2) is 0 Å². The molecule has 1 nitrogen and oxygen atoms in total. The number of rotatable bonds is 2. The summed E-state index contributed by atoms with van der Waals surface area (Å²) in [4.78, 5) is 0. The minimum Gasteiger partial charge on any atom is -0.508 e. The molecular weight excluding hydrogens is 124 g/mol. The maximum Gasteiger partial charge on any atom is 0.119 e. The van der Waals surface area contributed by atoms with Gasteiger partial charge in [0.1, 0.15) is 5.75 Å². The fraction of sp³-hybridized carbons (Fsp3) is 0.111. The lowest BCUT2D eigenvalue weighted by molar-refractivity contribution is 0.470. The molecule has 0 aliphatic rings. The lowest BCUT2D eigenvalue weighted by Gasteiger charge is -1.97. The van der Waals surface area contributed by atoms with Gasteiger partial charge in [0.25, 0.3) is 0 Å². The highest BCUT2D eigenvalue weighted by Gasteiger charge is 1.93. The Balaban J connectivity index is 0.000001000. The van der Waals surface area contributed by atoms with E-state index in [0.29, 0.717) is 5.75 Å². The molecule has 0 unspecified atom stereocenters. The first kappa shape index (κ1) is 6.87. The van der Waals surface area contributed by atoms with E-state index in [1.165, 1.54) is 0 Å². The van der Waals surface area contributed by atoms with Gasteiger partial charge < -0.3 is 5.11 Å². The van der Waals surface area contributed by atoms with Crippen LogP contribution in [0.4, 0.5) is 0 Å². The third-order valence-electron chi connectivity index (χ3n) is 1.36. The van der Waals surface area contributed by atoms with Crippen LogP contribution in [0.25, 0.3) is 0 Å². The van der Waals surface area contributed by atoms with E-state index in [9.17, 15) is 5.11 Å². The Kier molecular flexibility index (Phi) is 2.11. The minimum atomic E-state index is 0. The number of aromatic hydroxyl groups is 1. The number of hydrogen-bond donors (Lipinski definition) is 1. The Labute approximate surface area is 62.1 Å². The molecule has 0 aliphatic carbocycles. The highest BCUT2D eigenvalue weighted by atomic mass is 16.3. The van der Waals surface area contributed by atoms with Gasteiger partial charge in [-0.3, -0.25) is 0 Å². The van der Waals surface area contributed by atoms with E-state index in [1.807, 2.05) is 18.2 Å². The van der Waals surface area contributed by atoms with E-state index in [2.05, 4.69) is 6.58 Å². The number of phenolic OH excluding ortho intramolecular Hbond substituents is 1. The molecule has 1 heteroatoms. The molecule has 0 spiro atoms. The highest BCUT2D eigenvalue weighted by molar-refractivity contribution is 5.32. The molecule has 0 aromatic heterocycles. The maximum atomic E-state index is 9.19. The van der Waals surface area contributed by atoms with E-state index in [-0.39, 0.29) is 1.43 Å². The fourth-order valence-corrected chi connectivity index (χ4v) is 0.839. The van der Waals surface area contributed by atoms with E-state index in [0.717, 1.165) is 12.0 Å². The zero-order valence-corrected chi connectivity index (χ0v) is 5.75. The van der Waals surface area contributed by atoms with Crippen LogP contribution in [-0.2, 0) is 6.42 Å². The Morgan fingerprint density at radius 3 is 2.80 bits per heavy atom. The summed E-state index contributed by atoms with van der Waals surface area (Å²) in [5.74, 6) is 0.349. The van der Waals surface area contributed by atoms with Crippen LogP contribution in [-0.4, -0.2) is 5.11 Å². The van der Waals surface area contributed by atoms with Crippen molar-refractivity contribution in [3.63, 3.8) is 0 Å². The van der Waals surface area contributed by atoms with Crippen molar-refractivity contribution in [2.45, 2.75) is 6.42 Å². The van der Waals surface area contributed by atoms with E-state index in [4.69, 9.17) is 0 Å². The van der Waals surface area contributed by atoms with Crippen LogP contribution in [0.3, 0.4) is 0 Å². The predicted molar refractivity (Wildman–Crippen MR) is 44.1 cm³/mol. The maximum absolute atomic E-state index is 9.19. The average molecular weight is 136 g/mol. The summed E-state index contributed by atoms with van der Waals surface area (Å²) in [6, 6.07) is 7.27. The molecular formula is C9H12O. The van der Waals surface area contributed by atoms with Crippen molar-refractivity contribution in [1.82, 2.24) is 0 Å². The number of para-hydroxylation sites is 1. The molecule has 1 N–H and O–H groups in total. The van der Waals surface area contributed by atoms with Crippen molar-refractivity contribution >= 4 is 0 Å². The van der Waals surface area contributed by atoms with E-state index < -0.39 is 0 Å². The molecule has 0 amide bonds. The summed E-state index contributed by atoms with van der Waals surface area (Å²) in [5.41, 5.74) is 0.928. The molecule has 0 heterocycles. The zero-order chi connectivity index (χ0) is 7.40. The van der Waals surface area contributed by atoms with E-state index in [1.54, 1.807) is 12.1 Å². The molecule has 0 atom stereocenters. The van der Waals surface area contributed by atoms with Gasteiger partial charge in [0.05, 0.1) is 0 Å². The summed E-state index contributed by atoms with van der Waals surface area (Å²) in [7, 11) is 0. The first-order chi connectivity index (χ1) is 4.84. The van der Waals surface area contributed by atoms with Gasteiger partial charge in [-0.25, -0.2) is 0 Å². The fourth-order valence-electron chi connectivity index (χ4n) is 0.839. The van der Waals surface area contributed by atoms with Gasteiger partial charge in [-0.15, -0.1) is 6.58 Å². The van der Waals surface area contributed by atoms with Gasteiger partial charge >= 0.3 is 0 Å². The zero-order valence-electron chi connectivity index (χ0n) is 5.75. The third kappa shape index (κ3) is 1.38. The summed E-state index contributed by atoms with van der Waals surface area (Å²) >= 11 is 0. The van der Waals surface area contributed by atoms with Crippen LogP contribution in [0.15, 0.2) is 36.9 Å². The van der Waals surface area contributed by atoms with Crippen molar-refractivity contribution in [3.8, 4) is 5.75 Å². The van der Waals surface area contributed by atoms with Crippen molar-refractivity contribution in [1.29, 1.82) is 0 Å². The second kappa shape index (κ2) is 3.06. The lowest BCUT2D eigenvalue weighted by atomic mass is 10.1. The Hall–Kier alpha value is -1.24. The van der Waals surface area contributed by atoms with Crippen LogP contribution in [0, 0.1) is 0 Å². The van der Waals surface area contributed by atoms with Crippen LogP contribution < -0.4 is 0 Å². The Bertz CT molecular complexity index is 233. The average Bonchev–Trinajstić information content (AvgIpc) is 1.94. The molecule has 1 aromatic rings. The summed E-state index contributed by atoms with van der Waals surface area (Å²) < 4.78 is 0. The van der Waals surface area contributed by atoms with Gasteiger partial charge in [-0.2, -0.15) is 0 Å². The molecule has 1 aromatic carbocycles. The quantitative estimate of drug-likeness (QED) is 0.619. The minimum absolute atomic E-state index is 0. The molecule has 0 fully saturated rings. The smallest absolute Gasteiger partial charge is 0.119 e. The van der Waals surface area contributed by atoms with Crippen molar-refractivity contribution < 1.29 is 6.53 Å². The van der Waals surface area contributed by atoms with Crippen molar-refractivity contribution in [2.24, 2.45) is 0 Å². The molecule has 54 valence electrons. The van der Waals surface area contributed by atoms with Crippen LogP contribution >= 0.6 is 0 Å². The summed E-state index contributed by atoms with van der Waals surface area (Å²) in [5, 5.41) is 9.19. The number of hydrogen-bond acceptors (Lipinski definition) is 1. The molecule has 0 saturated carbocycles. The highest BCUT2D eigenvalue weighted by Crippen LogP contribution is 2.15. The Morgan fingerprint density at radius 2 is 2.20 bits per heavy atom. The number of benzene rings is 1. The Morgan fingerprint density at radius 1 is 1.50 bits per heavy atom. The SMILES string of the molecule is C=CCc1ccccc1O.[HH]. The van der Waals surface area contributed by atoms with Crippen LogP contribution in [0.2, 0.25) is 0 Å². The molecule has 0 bridgehead atoms. The van der Waals surface area contributed by atoms with Crippen molar-refractivity contribution in [2.75, 3.05) is 0 Å². The second-order valence-corrected chi connectivity index (χ2v) is 2.12. The number of phenols is 1. The van der Waals surface area contributed by atoms with Gasteiger partial charge in [0, 0.05) is 1.43 Å². The summed E-state index contributed by atoms with van der Waals surface area (Å²) in [6.45, 7) is 3.59. The molecule has 1 rings (SSSR count). The predicted octanol–water partition coefficient (Wildman–Crippen LogP) is 2.37.